The van der Waals surface area contributed by atoms with E-state index in [4.69, 9.17) is 0 Å². The Balaban J connectivity index is 2.22. The highest BCUT2D eigenvalue weighted by molar-refractivity contribution is 8.00. The van der Waals surface area contributed by atoms with E-state index in [1.807, 2.05) is 0 Å². The molecule has 0 radical (unpaired) electrons. The SMILES string of the molecule is CCNC(C)CCN1CCSC(C)(C)CC1. The van der Waals surface area contributed by atoms with Crippen molar-refractivity contribution in [1.82, 2.24) is 10.2 Å². The van der Waals surface area contributed by atoms with Gasteiger partial charge in [-0.25, -0.2) is 0 Å². The molecule has 1 atom stereocenters. The lowest BCUT2D eigenvalue weighted by molar-refractivity contribution is 0.269. The maximum Gasteiger partial charge on any atom is 0.0116 e. The second-order valence-corrected chi connectivity index (χ2v) is 7.25. The minimum Gasteiger partial charge on any atom is -0.314 e. The van der Waals surface area contributed by atoms with E-state index in [1.54, 1.807) is 0 Å². The van der Waals surface area contributed by atoms with Crippen LogP contribution < -0.4 is 5.32 Å². The minimum atomic E-state index is 0.488. The fourth-order valence-corrected chi connectivity index (χ4v) is 3.25. The van der Waals surface area contributed by atoms with Gasteiger partial charge in [0.1, 0.15) is 0 Å². The van der Waals surface area contributed by atoms with Crippen molar-refractivity contribution in [3.05, 3.63) is 0 Å². The van der Waals surface area contributed by atoms with E-state index in [9.17, 15) is 0 Å². The number of hydrogen-bond donors (Lipinski definition) is 1. The molecule has 0 amide bonds. The van der Waals surface area contributed by atoms with Gasteiger partial charge in [0.25, 0.3) is 0 Å². The Labute approximate surface area is 106 Å². The zero-order valence-electron chi connectivity index (χ0n) is 11.4. The van der Waals surface area contributed by atoms with Crippen molar-refractivity contribution in [3.8, 4) is 0 Å². The molecule has 1 aliphatic rings. The van der Waals surface area contributed by atoms with Crippen molar-refractivity contribution in [3.63, 3.8) is 0 Å². The molecule has 0 aromatic heterocycles. The van der Waals surface area contributed by atoms with Gasteiger partial charge in [0.05, 0.1) is 0 Å². The molecule has 1 fully saturated rings. The third-order valence-electron chi connectivity index (χ3n) is 3.36. The van der Waals surface area contributed by atoms with Gasteiger partial charge in [-0.05, 0) is 39.4 Å². The van der Waals surface area contributed by atoms with Gasteiger partial charge in [-0.15, -0.1) is 0 Å². The number of nitrogens with zero attached hydrogens (tertiary/aromatic N) is 1. The molecule has 0 bridgehead atoms. The largest absolute Gasteiger partial charge is 0.314 e. The Hall–Kier alpha value is 0.270. The maximum absolute atomic E-state index is 3.49. The lowest BCUT2D eigenvalue weighted by Crippen LogP contribution is -2.34. The topological polar surface area (TPSA) is 15.3 Å². The third-order valence-corrected chi connectivity index (χ3v) is 4.73. The van der Waals surface area contributed by atoms with Crippen LogP contribution in [-0.2, 0) is 0 Å². The van der Waals surface area contributed by atoms with E-state index < -0.39 is 0 Å². The zero-order chi connectivity index (χ0) is 12.0. The number of nitrogens with one attached hydrogen (secondary N) is 1. The standard InChI is InChI=1S/C13H28N2S/c1-5-14-12(2)6-8-15-9-7-13(3,4)16-11-10-15/h12,14H,5-11H2,1-4H3. The van der Waals surface area contributed by atoms with Gasteiger partial charge in [-0.2, -0.15) is 11.8 Å². The second kappa shape index (κ2) is 6.87. The molecule has 96 valence electrons. The van der Waals surface area contributed by atoms with Crippen molar-refractivity contribution < 1.29 is 0 Å². The molecule has 2 nitrogen and oxygen atoms in total. The fraction of sp³-hybridized carbons (Fsp3) is 1.00. The molecule has 1 unspecified atom stereocenters. The molecule has 0 aromatic carbocycles. The predicted molar refractivity (Wildman–Crippen MR) is 75.3 cm³/mol. The zero-order valence-corrected chi connectivity index (χ0v) is 12.2. The minimum absolute atomic E-state index is 0.488. The van der Waals surface area contributed by atoms with Crippen LogP contribution >= 0.6 is 11.8 Å². The average molecular weight is 244 g/mol. The van der Waals surface area contributed by atoms with Gasteiger partial charge in [-0.1, -0.05) is 20.8 Å². The van der Waals surface area contributed by atoms with Crippen LogP contribution in [0.5, 0.6) is 0 Å². The van der Waals surface area contributed by atoms with E-state index in [-0.39, 0.29) is 0 Å². The van der Waals surface area contributed by atoms with Crippen LogP contribution in [0.3, 0.4) is 0 Å². The number of hydrogen-bond acceptors (Lipinski definition) is 3. The van der Waals surface area contributed by atoms with Crippen LogP contribution in [0.15, 0.2) is 0 Å². The van der Waals surface area contributed by atoms with Crippen molar-refractivity contribution >= 4 is 11.8 Å². The van der Waals surface area contributed by atoms with Gasteiger partial charge in [0.2, 0.25) is 0 Å². The summed E-state index contributed by atoms with van der Waals surface area (Å²) in [5.41, 5.74) is 0. The lowest BCUT2D eigenvalue weighted by atomic mass is 10.1. The predicted octanol–water partition coefficient (Wildman–Crippen LogP) is 2.59. The summed E-state index contributed by atoms with van der Waals surface area (Å²) in [5, 5.41) is 3.49. The van der Waals surface area contributed by atoms with Gasteiger partial charge in [0, 0.05) is 23.1 Å². The summed E-state index contributed by atoms with van der Waals surface area (Å²) >= 11 is 2.13. The molecule has 0 aromatic rings. The van der Waals surface area contributed by atoms with Crippen LogP contribution in [0, 0.1) is 0 Å². The summed E-state index contributed by atoms with van der Waals surface area (Å²) in [5.74, 6) is 1.29. The van der Waals surface area contributed by atoms with Crippen molar-refractivity contribution in [2.75, 3.05) is 31.9 Å². The van der Waals surface area contributed by atoms with Crippen LogP contribution in [0.2, 0.25) is 0 Å². The highest BCUT2D eigenvalue weighted by Crippen LogP contribution is 2.30. The van der Waals surface area contributed by atoms with E-state index in [1.165, 1.54) is 38.2 Å². The molecular weight excluding hydrogens is 216 g/mol. The first kappa shape index (κ1) is 14.3. The molecular formula is C13H28N2S. The van der Waals surface area contributed by atoms with Crippen LogP contribution in [-0.4, -0.2) is 47.6 Å². The summed E-state index contributed by atoms with van der Waals surface area (Å²) < 4.78 is 0.488. The highest BCUT2D eigenvalue weighted by Gasteiger charge is 2.23. The van der Waals surface area contributed by atoms with Gasteiger partial charge in [0.15, 0.2) is 0 Å². The molecule has 0 aliphatic carbocycles. The molecule has 0 spiro atoms. The lowest BCUT2D eigenvalue weighted by Gasteiger charge is -2.23. The summed E-state index contributed by atoms with van der Waals surface area (Å²) in [7, 11) is 0. The van der Waals surface area contributed by atoms with Crippen LogP contribution in [0.4, 0.5) is 0 Å². The van der Waals surface area contributed by atoms with Crippen LogP contribution in [0.1, 0.15) is 40.5 Å². The normalized spacial score (nSPS) is 24.0. The van der Waals surface area contributed by atoms with Crippen molar-refractivity contribution in [2.45, 2.75) is 51.3 Å². The van der Waals surface area contributed by atoms with Crippen LogP contribution in [0.25, 0.3) is 0 Å². The summed E-state index contributed by atoms with van der Waals surface area (Å²) in [6.45, 7) is 14.1. The number of thioether (sulfide) groups is 1. The van der Waals surface area contributed by atoms with Crippen molar-refractivity contribution in [1.29, 1.82) is 0 Å². The van der Waals surface area contributed by atoms with E-state index in [0.29, 0.717) is 10.8 Å². The quantitative estimate of drug-likeness (QED) is 0.800. The highest BCUT2D eigenvalue weighted by atomic mass is 32.2. The molecule has 1 N–H and O–H groups in total. The Morgan fingerprint density at radius 2 is 2.12 bits per heavy atom. The van der Waals surface area contributed by atoms with Gasteiger partial charge >= 0.3 is 0 Å². The van der Waals surface area contributed by atoms with Gasteiger partial charge in [-0.3, -0.25) is 0 Å². The smallest absolute Gasteiger partial charge is 0.0116 e. The maximum atomic E-state index is 3.49. The molecule has 1 aliphatic heterocycles. The monoisotopic (exact) mass is 244 g/mol. The molecule has 1 heterocycles. The number of rotatable bonds is 5. The third kappa shape index (κ3) is 5.55. The van der Waals surface area contributed by atoms with Gasteiger partial charge < -0.3 is 10.2 Å². The molecule has 3 heteroatoms. The summed E-state index contributed by atoms with van der Waals surface area (Å²) in [6.07, 6.45) is 2.60. The molecule has 1 saturated heterocycles. The first-order valence-corrected chi connectivity index (χ1v) is 7.62. The Morgan fingerprint density at radius 1 is 1.38 bits per heavy atom. The average Bonchev–Trinajstić information content (AvgIpc) is 2.37. The Bertz CT molecular complexity index is 194. The fourth-order valence-electron chi connectivity index (χ4n) is 2.11. The molecule has 0 saturated carbocycles. The molecule has 16 heavy (non-hydrogen) atoms. The Kier molecular flexibility index (Phi) is 6.16. The van der Waals surface area contributed by atoms with Crippen molar-refractivity contribution in [2.24, 2.45) is 0 Å². The summed E-state index contributed by atoms with van der Waals surface area (Å²) in [4.78, 5) is 2.63. The first-order chi connectivity index (χ1) is 7.53. The molecule has 1 rings (SSSR count). The Morgan fingerprint density at radius 3 is 2.81 bits per heavy atom. The second-order valence-electron chi connectivity index (χ2n) is 5.45. The summed E-state index contributed by atoms with van der Waals surface area (Å²) in [6, 6.07) is 0.661. The van der Waals surface area contributed by atoms with E-state index in [2.05, 4.69) is 49.7 Å². The first-order valence-electron chi connectivity index (χ1n) is 6.63. The van der Waals surface area contributed by atoms with E-state index >= 15 is 0 Å². The van der Waals surface area contributed by atoms with E-state index in [0.717, 1.165) is 6.54 Å².